The fourth-order valence-corrected chi connectivity index (χ4v) is 2.49. The molecule has 72 valence electrons. The molecule has 0 aliphatic carbocycles. The van der Waals surface area contributed by atoms with Crippen molar-refractivity contribution in [1.29, 1.82) is 0 Å². The summed E-state index contributed by atoms with van der Waals surface area (Å²) in [5.41, 5.74) is 6.66. The molecule has 0 unspecified atom stereocenters. The van der Waals surface area contributed by atoms with Crippen LogP contribution in [0, 0.1) is 0 Å². The molecule has 2 heterocycles. The maximum absolute atomic E-state index is 5.90. The Bertz CT molecular complexity index is 492. The minimum atomic E-state index is 0.599. The van der Waals surface area contributed by atoms with Crippen molar-refractivity contribution in [3.05, 3.63) is 17.5 Å². The molecule has 1 aromatic heterocycles. The molecule has 1 aliphatic heterocycles. The van der Waals surface area contributed by atoms with Crippen molar-refractivity contribution >= 4 is 27.1 Å². The van der Waals surface area contributed by atoms with Gasteiger partial charge in [-0.05, 0) is 11.4 Å². The third-order valence-electron chi connectivity index (χ3n) is 2.27. The van der Waals surface area contributed by atoms with Gasteiger partial charge in [0.2, 0.25) is 0 Å². The number of nitrogen functional groups attached to an aromatic ring is 1. The lowest BCUT2D eigenvalue weighted by Crippen LogP contribution is -2.15. The zero-order chi connectivity index (χ0) is 9.54. The van der Waals surface area contributed by atoms with E-state index in [-0.39, 0.29) is 0 Å². The first-order valence-electron chi connectivity index (χ1n) is 4.41. The van der Waals surface area contributed by atoms with Gasteiger partial charge in [0.25, 0.3) is 0 Å². The highest BCUT2D eigenvalue weighted by molar-refractivity contribution is 7.17. The van der Waals surface area contributed by atoms with E-state index < -0.39 is 0 Å². The topological polar surface area (TPSA) is 44.5 Å². The third-order valence-corrected chi connectivity index (χ3v) is 3.23. The van der Waals surface area contributed by atoms with Gasteiger partial charge in [-0.2, -0.15) is 0 Å². The first kappa shape index (κ1) is 7.94. The second-order valence-corrected chi connectivity index (χ2v) is 4.07. The van der Waals surface area contributed by atoms with Gasteiger partial charge in [0.15, 0.2) is 11.5 Å². The quantitative estimate of drug-likeness (QED) is 0.674. The number of ether oxygens (including phenoxy) is 2. The van der Waals surface area contributed by atoms with E-state index >= 15 is 0 Å². The lowest BCUT2D eigenvalue weighted by molar-refractivity contribution is 0.174. The van der Waals surface area contributed by atoms with E-state index in [0.29, 0.717) is 13.2 Å². The average molecular weight is 207 g/mol. The fraction of sp³-hybridized carbons (Fsp3) is 0.200. The Morgan fingerprint density at radius 1 is 1.29 bits per heavy atom. The molecule has 0 saturated carbocycles. The van der Waals surface area contributed by atoms with E-state index in [1.165, 1.54) is 0 Å². The van der Waals surface area contributed by atoms with Crippen LogP contribution in [0.1, 0.15) is 0 Å². The third kappa shape index (κ3) is 0.974. The molecule has 2 aromatic rings. The van der Waals surface area contributed by atoms with E-state index in [1.807, 2.05) is 17.5 Å². The van der Waals surface area contributed by atoms with Gasteiger partial charge in [-0.3, -0.25) is 0 Å². The molecule has 2 N–H and O–H groups in total. The highest BCUT2D eigenvalue weighted by Crippen LogP contribution is 2.42. The minimum Gasteiger partial charge on any atom is -0.486 e. The van der Waals surface area contributed by atoms with Crippen LogP contribution in [-0.2, 0) is 0 Å². The standard InChI is InChI=1S/C10H9NO2S/c11-7-5-8-9(13-3-2-12-8)6-1-4-14-10(6)7/h1,4-5H,2-3,11H2. The lowest BCUT2D eigenvalue weighted by Gasteiger charge is -2.19. The van der Waals surface area contributed by atoms with Gasteiger partial charge >= 0.3 is 0 Å². The van der Waals surface area contributed by atoms with Crippen LogP contribution in [0.2, 0.25) is 0 Å². The molecule has 0 fully saturated rings. The fourth-order valence-electron chi connectivity index (χ4n) is 1.67. The maximum atomic E-state index is 5.90. The number of fused-ring (bicyclic) bond motifs is 3. The Morgan fingerprint density at radius 3 is 3.07 bits per heavy atom. The lowest BCUT2D eigenvalue weighted by atomic mass is 10.2. The predicted octanol–water partition coefficient (Wildman–Crippen LogP) is 2.25. The van der Waals surface area contributed by atoms with Crippen molar-refractivity contribution in [1.82, 2.24) is 0 Å². The Kier molecular flexibility index (Phi) is 1.58. The molecule has 3 nitrogen and oxygen atoms in total. The second kappa shape index (κ2) is 2.78. The molecule has 0 spiro atoms. The average Bonchev–Trinajstić information content (AvgIpc) is 2.67. The van der Waals surface area contributed by atoms with Gasteiger partial charge in [-0.15, -0.1) is 11.3 Å². The number of hydrogen-bond acceptors (Lipinski definition) is 4. The summed E-state index contributed by atoms with van der Waals surface area (Å²) in [4.78, 5) is 0. The summed E-state index contributed by atoms with van der Waals surface area (Å²) in [5.74, 6) is 1.60. The number of nitrogens with two attached hydrogens (primary N) is 1. The Balaban J connectivity index is 2.38. The zero-order valence-electron chi connectivity index (χ0n) is 7.45. The van der Waals surface area contributed by atoms with Crippen molar-refractivity contribution in [2.24, 2.45) is 0 Å². The van der Waals surface area contributed by atoms with Gasteiger partial charge in [0.1, 0.15) is 13.2 Å². The van der Waals surface area contributed by atoms with Crippen molar-refractivity contribution in [2.75, 3.05) is 18.9 Å². The summed E-state index contributed by atoms with van der Waals surface area (Å²) in [6.45, 7) is 1.21. The summed E-state index contributed by atoms with van der Waals surface area (Å²) >= 11 is 1.63. The summed E-state index contributed by atoms with van der Waals surface area (Å²) in [6.07, 6.45) is 0. The van der Waals surface area contributed by atoms with Crippen LogP contribution in [0.5, 0.6) is 11.5 Å². The molecule has 0 saturated heterocycles. The van der Waals surface area contributed by atoms with Gasteiger partial charge in [0, 0.05) is 11.5 Å². The molecule has 1 aromatic carbocycles. The van der Waals surface area contributed by atoms with E-state index in [2.05, 4.69) is 0 Å². The van der Waals surface area contributed by atoms with Crippen molar-refractivity contribution in [3.8, 4) is 11.5 Å². The van der Waals surface area contributed by atoms with Gasteiger partial charge in [0.05, 0.1) is 10.4 Å². The Hall–Kier alpha value is -1.42. The summed E-state index contributed by atoms with van der Waals surface area (Å²) in [7, 11) is 0. The number of anilines is 1. The zero-order valence-corrected chi connectivity index (χ0v) is 8.26. The van der Waals surface area contributed by atoms with Crippen molar-refractivity contribution < 1.29 is 9.47 Å². The highest BCUT2D eigenvalue weighted by Gasteiger charge is 2.17. The van der Waals surface area contributed by atoms with Crippen LogP contribution >= 0.6 is 11.3 Å². The first-order chi connectivity index (χ1) is 6.86. The van der Waals surface area contributed by atoms with Gasteiger partial charge in [-0.25, -0.2) is 0 Å². The minimum absolute atomic E-state index is 0.599. The number of rotatable bonds is 0. The number of benzene rings is 1. The molecule has 0 bridgehead atoms. The predicted molar refractivity (Wildman–Crippen MR) is 57.2 cm³/mol. The SMILES string of the molecule is Nc1cc2c(c3ccsc13)OCCO2. The molecule has 3 rings (SSSR count). The molecule has 0 atom stereocenters. The van der Waals surface area contributed by atoms with E-state index in [0.717, 1.165) is 27.3 Å². The first-order valence-corrected chi connectivity index (χ1v) is 5.29. The number of hydrogen-bond donors (Lipinski definition) is 1. The largest absolute Gasteiger partial charge is 0.486 e. The monoisotopic (exact) mass is 207 g/mol. The molecule has 4 heteroatoms. The molecular weight excluding hydrogens is 198 g/mol. The number of thiophene rings is 1. The van der Waals surface area contributed by atoms with Crippen LogP contribution in [0.3, 0.4) is 0 Å². The summed E-state index contributed by atoms with van der Waals surface area (Å²) in [5, 5.41) is 3.07. The van der Waals surface area contributed by atoms with Crippen LogP contribution in [-0.4, -0.2) is 13.2 Å². The molecular formula is C10H9NO2S. The van der Waals surface area contributed by atoms with Crippen LogP contribution in [0.25, 0.3) is 10.1 Å². The smallest absolute Gasteiger partial charge is 0.170 e. The maximum Gasteiger partial charge on any atom is 0.170 e. The molecule has 0 amide bonds. The second-order valence-electron chi connectivity index (χ2n) is 3.15. The normalized spacial score (nSPS) is 14.6. The van der Waals surface area contributed by atoms with Crippen LogP contribution in [0.15, 0.2) is 17.5 Å². The van der Waals surface area contributed by atoms with Crippen LogP contribution < -0.4 is 15.2 Å². The van der Waals surface area contributed by atoms with Gasteiger partial charge < -0.3 is 15.2 Å². The van der Waals surface area contributed by atoms with Crippen LogP contribution in [0.4, 0.5) is 5.69 Å². The molecule has 1 aliphatic rings. The Labute approximate surface area is 85.0 Å². The Morgan fingerprint density at radius 2 is 2.14 bits per heavy atom. The summed E-state index contributed by atoms with van der Waals surface area (Å²) < 4.78 is 12.1. The van der Waals surface area contributed by atoms with E-state index in [9.17, 15) is 0 Å². The van der Waals surface area contributed by atoms with Crippen molar-refractivity contribution in [2.45, 2.75) is 0 Å². The highest BCUT2D eigenvalue weighted by atomic mass is 32.1. The van der Waals surface area contributed by atoms with E-state index in [4.69, 9.17) is 15.2 Å². The summed E-state index contributed by atoms with van der Waals surface area (Å²) in [6, 6.07) is 3.86. The van der Waals surface area contributed by atoms with E-state index in [1.54, 1.807) is 11.3 Å². The molecule has 14 heavy (non-hydrogen) atoms. The van der Waals surface area contributed by atoms with Gasteiger partial charge in [-0.1, -0.05) is 0 Å². The molecule has 0 radical (unpaired) electrons. The van der Waals surface area contributed by atoms with Crippen molar-refractivity contribution in [3.63, 3.8) is 0 Å².